The third-order valence-corrected chi connectivity index (χ3v) is 7.33. The number of fused-ring (bicyclic) bond motifs is 1. The van der Waals surface area contributed by atoms with Crippen LogP contribution in [0.2, 0.25) is 25.1 Å². The molecule has 15 heteroatoms. The second-order valence-electron chi connectivity index (χ2n) is 8.02. The fourth-order valence-electron chi connectivity index (χ4n) is 3.50. The number of nitrogens with zero attached hydrogens (tertiary/aromatic N) is 1. The van der Waals surface area contributed by atoms with Crippen molar-refractivity contribution in [1.29, 1.82) is 0 Å². The van der Waals surface area contributed by atoms with Gasteiger partial charge in [-0.3, -0.25) is 19.3 Å². The maximum atomic E-state index is 13.1. The van der Waals surface area contributed by atoms with Gasteiger partial charge in [-0.25, -0.2) is 4.79 Å². The number of nitrogens with one attached hydrogen (secondary N) is 1. The predicted molar refractivity (Wildman–Crippen MR) is 132 cm³/mol. The number of amides is 3. The molecular weight excluding hydrogens is 607 g/mol. The van der Waals surface area contributed by atoms with Crippen LogP contribution in [0.3, 0.4) is 0 Å². The molecule has 0 bridgehead atoms. The number of anilines is 1. The van der Waals surface area contributed by atoms with Crippen molar-refractivity contribution in [2.45, 2.75) is 26.1 Å². The molecule has 3 rings (SSSR count). The van der Waals surface area contributed by atoms with Crippen molar-refractivity contribution >= 4 is 87.4 Å². The van der Waals surface area contributed by atoms with Gasteiger partial charge >= 0.3 is 12.1 Å². The molecular formula is C22H14Cl5F3N2O5. The number of benzene rings is 2. The largest absolute Gasteiger partial charge is 0.454 e. The summed E-state index contributed by atoms with van der Waals surface area (Å²) in [6.45, 7) is 2.04. The molecule has 0 saturated carbocycles. The highest BCUT2D eigenvalue weighted by Gasteiger charge is 2.48. The van der Waals surface area contributed by atoms with E-state index in [0.29, 0.717) is 11.0 Å². The summed E-state index contributed by atoms with van der Waals surface area (Å²) in [5, 5.41) is 0.738. The van der Waals surface area contributed by atoms with Gasteiger partial charge in [-0.15, -0.1) is 0 Å². The Balaban J connectivity index is 1.80. The van der Waals surface area contributed by atoms with E-state index in [0.717, 1.165) is 12.1 Å². The lowest BCUT2D eigenvalue weighted by molar-refractivity contribution is -0.152. The number of halogens is 8. The van der Waals surface area contributed by atoms with E-state index in [4.69, 9.17) is 62.7 Å². The molecule has 1 aliphatic heterocycles. The van der Waals surface area contributed by atoms with E-state index in [1.165, 1.54) is 13.8 Å². The number of esters is 1. The zero-order chi connectivity index (χ0) is 28.0. The summed E-state index contributed by atoms with van der Waals surface area (Å²) in [5.41, 5.74) is -2.12. The number of carbonyl (C=O) groups is 4. The molecule has 0 aromatic heterocycles. The van der Waals surface area contributed by atoms with Crippen molar-refractivity contribution < 1.29 is 37.1 Å². The number of ether oxygens (including phenoxy) is 1. The Morgan fingerprint density at radius 3 is 1.92 bits per heavy atom. The molecule has 0 fully saturated rings. The molecule has 198 valence electrons. The summed E-state index contributed by atoms with van der Waals surface area (Å²) in [6.07, 6.45) is -4.69. The minimum Gasteiger partial charge on any atom is -0.454 e. The Kier molecular flexibility index (Phi) is 8.61. The Morgan fingerprint density at radius 2 is 1.46 bits per heavy atom. The van der Waals surface area contributed by atoms with Crippen LogP contribution < -0.4 is 5.32 Å². The Hall–Kier alpha value is -2.24. The van der Waals surface area contributed by atoms with Crippen LogP contribution in [-0.4, -0.2) is 41.2 Å². The summed E-state index contributed by atoms with van der Waals surface area (Å²) in [4.78, 5) is 51.9. The highest BCUT2D eigenvalue weighted by atomic mass is 35.5. The van der Waals surface area contributed by atoms with E-state index in [1.54, 1.807) is 0 Å². The molecule has 1 atom stereocenters. The first-order valence-electron chi connectivity index (χ1n) is 10.1. The zero-order valence-corrected chi connectivity index (χ0v) is 22.4. The average Bonchev–Trinajstić information content (AvgIpc) is 3.06. The highest BCUT2D eigenvalue weighted by Crippen LogP contribution is 2.45. The second kappa shape index (κ2) is 10.9. The summed E-state index contributed by atoms with van der Waals surface area (Å²) < 4.78 is 43.8. The average molecular weight is 621 g/mol. The number of rotatable bonds is 6. The van der Waals surface area contributed by atoms with Crippen LogP contribution >= 0.6 is 58.0 Å². The number of hydrogen-bond donors (Lipinski definition) is 1. The van der Waals surface area contributed by atoms with Gasteiger partial charge in [0.15, 0.2) is 6.61 Å². The van der Waals surface area contributed by atoms with Crippen molar-refractivity contribution in [2.24, 2.45) is 5.92 Å². The van der Waals surface area contributed by atoms with E-state index in [9.17, 15) is 32.3 Å². The van der Waals surface area contributed by atoms with Gasteiger partial charge in [-0.05, 0) is 24.1 Å². The smallest absolute Gasteiger partial charge is 0.416 e. The van der Waals surface area contributed by atoms with E-state index >= 15 is 0 Å². The summed E-state index contributed by atoms with van der Waals surface area (Å²) >= 11 is 30.0. The van der Waals surface area contributed by atoms with E-state index < -0.39 is 54.0 Å². The SMILES string of the molecule is CC(C)[C@@H](C(=O)OCC(=O)Nc1cc(C(F)(F)F)ccc1Cl)N1C(=O)c2c(Cl)c(Cl)c(Cl)c(Cl)c2C1=O. The minimum atomic E-state index is -4.69. The van der Waals surface area contributed by atoms with Crippen LogP contribution in [0.5, 0.6) is 0 Å². The van der Waals surface area contributed by atoms with Crippen molar-refractivity contribution in [2.75, 3.05) is 11.9 Å². The first-order valence-corrected chi connectivity index (χ1v) is 12.0. The molecule has 0 aliphatic carbocycles. The molecule has 1 aliphatic rings. The van der Waals surface area contributed by atoms with Crippen LogP contribution in [0.4, 0.5) is 18.9 Å². The van der Waals surface area contributed by atoms with Crippen LogP contribution in [0, 0.1) is 5.92 Å². The Labute approximate surface area is 232 Å². The highest BCUT2D eigenvalue weighted by molar-refractivity contribution is 6.55. The predicted octanol–water partition coefficient (Wildman–Crippen LogP) is 6.77. The number of alkyl halides is 3. The van der Waals surface area contributed by atoms with Crippen molar-refractivity contribution in [3.63, 3.8) is 0 Å². The van der Waals surface area contributed by atoms with E-state index in [-0.39, 0.29) is 41.9 Å². The van der Waals surface area contributed by atoms with Gasteiger partial charge in [0.1, 0.15) is 6.04 Å². The van der Waals surface area contributed by atoms with E-state index in [1.807, 2.05) is 0 Å². The molecule has 37 heavy (non-hydrogen) atoms. The molecule has 3 amide bonds. The molecule has 7 nitrogen and oxygen atoms in total. The van der Waals surface area contributed by atoms with E-state index in [2.05, 4.69) is 5.32 Å². The van der Waals surface area contributed by atoms with Gasteiger partial charge < -0.3 is 10.1 Å². The molecule has 1 heterocycles. The van der Waals surface area contributed by atoms with Crippen LogP contribution in [-0.2, 0) is 20.5 Å². The number of hydrogen-bond acceptors (Lipinski definition) is 5. The summed E-state index contributed by atoms with van der Waals surface area (Å²) in [5.74, 6) is -4.86. The molecule has 0 radical (unpaired) electrons. The van der Waals surface area contributed by atoms with Gasteiger partial charge in [0.2, 0.25) is 0 Å². The lowest BCUT2D eigenvalue weighted by atomic mass is 10.0. The summed E-state index contributed by atoms with van der Waals surface area (Å²) in [6, 6.07) is 0.757. The van der Waals surface area contributed by atoms with Crippen molar-refractivity contribution in [1.82, 2.24) is 4.90 Å². The molecule has 2 aromatic carbocycles. The molecule has 2 aromatic rings. The zero-order valence-electron chi connectivity index (χ0n) is 18.6. The number of imide groups is 1. The first kappa shape index (κ1) is 29.3. The second-order valence-corrected chi connectivity index (χ2v) is 9.94. The standard InChI is InChI=1S/C22H14Cl5F3N2O5/c1-7(2)18(32-19(34)12-13(20(32)35)15(25)17(27)16(26)14(12)24)21(36)37-6-11(33)31-10-5-8(22(28,29)30)3-4-9(10)23/h3-5,7,18H,6H2,1-2H3,(H,31,33)/t18-/m0/s1. The molecule has 0 spiro atoms. The van der Waals surface area contributed by atoms with Crippen LogP contribution in [0.1, 0.15) is 40.1 Å². The molecule has 1 N–H and O–H groups in total. The third kappa shape index (κ3) is 5.63. The summed E-state index contributed by atoms with van der Waals surface area (Å²) in [7, 11) is 0. The van der Waals surface area contributed by atoms with Gasteiger partial charge in [-0.1, -0.05) is 71.9 Å². The lowest BCUT2D eigenvalue weighted by Gasteiger charge is -2.27. The van der Waals surface area contributed by atoms with Crippen molar-refractivity contribution in [3.05, 3.63) is 60.0 Å². The maximum Gasteiger partial charge on any atom is 0.416 e. The van der Waals surface area contributed by atoms with Gasteiger partial charge in [0.05, 0.1) is 47.5 Å². The lowest BCUT2D eigenvalue weighted by Crippen LogP contribution is -2.49. The van der Waals surface area contributed by atoms with Crippen molar-refractivity contribution in [3.8, 4) is 0 Å². The minimum absolute atomic E-state index is 0.190. The van der Waals surface area contributed by atoms with Crippen LogP contribution in [0.25, 0.3) is 0 Å². The Bertz CT molecular complexity index is 1290. The fraction of sp³-hybridized carbons (Fsp3) is 0.273. The van der Waals surface area contributed by atoms with Gasteiger partial charge in [-0.2, -0.15) is 13.2 Å². The quantitative estimate of drug-likeness (QED) is 0.167. The first-order chi connectivity index (χ1) is 17.1. The molecule has 0 unspecified atom stereocenters. The van der Waals surface area contributed by atoms with Gasteiger partial charge in [0.25, 0.3) is 17.7 Å². The third-order valence-electron chi connectivity index (χ3n) is 5.20. The monoisotopic (exact) mass is 618 g/mol. The van der Waals surface area contributed by atoms with Crippen LogP contribution in [0.15, 0.2) is 18.2 Å². The number of carbonyl (C=O) groups excluding carboxylic acids is 4. The normalized spacial score (nSPS) is 14.2. The maximum absolute atomic E-state index is 13.1. The Morgan fingerprint density at radius 1 is 0.946 bits per heavy atom. The topological polar surface area (TPSA) is 92.8 Å². The fourth-order valence-corrected chi connectivity index (χ4v) is 4.68. The van der Waals surface area contributed by atoms with Gasteiger partial charge in [0, 0.05) is 0 Å². The molecule has 0 saturated heterocycles.